The molecule has 0 bridgehead atoms. The van der Waals surface area contributed by atoms with E-state index in [9.17, 15) is 4.79 Å². The smallest absolute Gasteiger partial charge is 0.256 e. The van der Waals surface area contributed by atoms with E-state index in [4.69, 9.17) is 10.8 Å². The molecule has 9 heteroatoms. The third kappa shape index (κ3) is 4.03. The first-order valence-corrected chi connectivity index (χ1v) is 11.1. The summed E-state index contributed by atoms with van der Waals surface area (Å²) in [5.41, 5.74) is 10.2. The van der Waals surface area contributed by atoms with Crippen molar-refractivity contribution in [3.63, 3.8) is 0 Å². The molecule has 0 spiro atoms. The Morgan fingerprint density at radius 3 is 2.73 bits per heavy atom. The first kappa shape index (κ1) is 21.0. The van der Waals surface area contributed by atoms with Crippen molar-refractivity contribution in [2.45, 2.75) is 32.2 Å². The van der Waals surface area contributed by atoms with Gasteiger partial charge in [0.2, 0.25) is 0 Å². The number of benzene rings is 1. The molecule has 1 fully saturated rings. The third-order valence-corrected chi connectivity index (χ3v) is 6.01. The number of nitrogens with one attached hydrogen (secondary N) is 2. The molecule has 4 N–H and O–H groups in total. The lowest BCUT2D eigenvalue weighted by Gasteiger charge is -2.09. The summed E-state index contributed by atoms with van der Waals surface area (Å²) in [5, 5.41) is 11.8. The summed E-state index contributed by atoms with van der Waals surface area (Å²) in [6.07, 6.45) is 4.16. The average Bonchev–Trinajstić information content (AvgIpc) is 3.48. The molecule has 168 valence electrons. The Morgan fingerprint density at radius 2 is 2.00 bits per heavy atom. The lowest BCUT2D eigenvalue weighted by Crippen LogP contribution is -2.15. The molecule has 0 radical (unpaired) electrons. The topological polar surface area (TPSA) is 124 Å². The number of hydrogen-bond donors (Lipinski definition) is 3. The molecule has 1 aliphatic heterocycles. The Kier molecular flexibility index (Phi) is 5.47. The summed E-state index contributed by atoms with van der Waals surface area (Å²) >= 11 is 0. The van der Waals surface area contributed by atoms with Gasteiger partial charge in [-0.3, -0.25) is 4.79 Å². The molecule has 1 saturated heterocycles. The molecular formula is C24H26N8O. The Morgan fingerprint density at radius 1 is 1.18 bits per heavy atom. The van der Waals surface area contributed by atoms with Gasteiger partial charge in [-0.15, -0.1) is 0 Å². The maximum absolute atomic E-state index is 12.8. The van der Waals surface area contributed by atoms with Crippen LogP contribution in [-0.4, -0.2) is 43.7 Å². The van der Waals surface area contributed by atoms with Crippen molar-refractivity contribution in [1.82, 2.24) is 30.0 Å². The largest absolute Gasteiger partial charge is 0.383 e. The van der Waals surface area contributed by atoms with E-state index < -0.39 is 0 Å². The predicted molar refractivity (Wildman–Crippen MR) is 128 cm³/mol. The van der Waals surface area contributed by atoms with Crippen LogP contribution in [-0.2, 0) is 0 Å². The van der Waals surface area contributed by atoms with E-state index >= 15 is 0 Å². The average molecular weight is 443 g/mol. The summed E-state index contributed by atoms with van der Waals surface area (Å²) in [7, 11) is 0. The summed E-state index contributed by atoms with van der Waals surface area (Å²) in [4.78, 5) is 25.7. The quantitative estimate of drug-likeness (QED) is 0.433. The van der Waals surface area contributed by atoms with Crippen LogP contribution in [0.15, 0.2) is 48.9 Å². The number of carbonyl (C=O) groups is 1. The Balaban J connectivity index is 1.44. The number of carbonyl (C=O) groups excluding carboxylic acids is 1. The lowest BCUT2D eigenvalue weighted by molar-refractivity contribution is 0.102. The molecule has 0 saturated carbocycles. The Labute approximate surface area is 191 Å². The Bertz CT molecular complexity index is 1310. The van der Waals surface area contributed by atoms with Crippen LogP contribution in [0.1, 0.15) is 48.1 Å². The highest BCUT2D eigenvalue weighted by atomic mass is 16.1. The fourth-order valence-corrected chi connectivity index (χ4v) is 4.14. The van der Waals surface area contributed by atoms with Crippen molar-refractivity contribution in [2.24, 2.45) is 0 Å². The number of pyridine rings is 1. The summed E-state index contributed by atoms with van der Waals surface area (Å²) < 4.78 is 1.94. The first-order valence-electron chi connectivity index (χ1n) is 11.1. The zero-order valence-electron chi connectivity index (χ0n) is 18.6. The molecule has 1 aliphatic rings. The van der Waals surface area contributed by atoms with Crippen LogP contribution in [0.4, 0.5) is 11.6 Å². The normalized spacial score (nSPS) is 15.9. The van der Waals surface area contributed by atoms with Gasteiger partial charge in [-0.05, 0) is 48.7 Å². The molecule has 9 nitrogen and oxygen atoms in total. The number of nitrogens with zero attached hydrogens (tertiary/aromatic N) is 5. The van der Waals surface area contributed by atoms with Gasteiger partial charge in [0, 0.05) is 23.9 Å². The zero-order valence-corrected chi connectivity index (χ0v) is 18.6. The molecule has 1 aromatic carbocycles. The number of fused-ring (bicyclic) bond motifs is 1. The van der Waals surface area contributed by atoms with Crippen molar-refractivity contribution in [1.29, 1.82) is 0 Å². The van der Waals surface area contributed by atoms with Gasteiger partial charge in [-0.2, -0.15) is 5.10 Å². The van der Waals surface area contributed by atoms with Gasteiger partial charge >= 0.3 is 0 Å². The molecule has 1 atom stereocenters. The molecule has 0 unspecified atom stereocenters. The van der Waals surface area contributed by atoms with Crippen LogP contribution < -0.4 is 16.4 Å². The second kappa shape index (κ2) is 8.59. The van der Waals surface area contributed by atoms with Crippen molar-refractivity contribution >= 4 is 28.6 Å². The van der Waals surface area contributed by atoms with Gasteiger partial charge in [0.1, 0.15) is 23.7 Å². The minimum Gasteiger partial charge on any atom is -0.383 e. The molecule has 4 aromatic rings. The van der Waals surface area contributed by atoms with Gasteiger partial charge in [-0.1, -0.05) is 26.0 Å². The highest BCUT2D eigenvalue weighted by Crippen LogP contribution is 2.32. The molecule has 1 amide bonds. The van der Waals surface area contributed by atoms with Gasteiger partial charge in [0.05, 0.1) is 11.4 Å². The SMILES string of the molecule is CC(C)c1ccnc(NC(=O)c2ccc(-c3nn([C@@H]4CCNC4)c4ncnc(N)c34)cc2)c1. The molecule has 3 aromatic heterocycles. The molecular weight excluding hydrogens is 416 g/mol. The summed E-state index contributed by atoms with van der Waals surface area (Å²) in [6.45, 7) is 5.99. The van der Waals surface area contributed by atoms with Crippen LogP contribution >= 0.6 is 0 Å². The van der Waals surface area contributed by atoms with E-state index in [1.54, 1.807) is 18.3 Å². The van der Waals surface area contributed by atoms with Gasteiger partial charge in [-0.25, -0.2) is 19.6 Å². The lowest BCUT2D eigenvalue weighted by atomic mass is 10.0. The standard InChI is InChI=1S/C24H26N8O/c1-14(2)17-7-10-27-19(11-17)30-24(33)16-5-3-15(4-6-16)21-20-22(25)28-13-29-23(20)32(31-21)18-8-9-26-12-18/h3-7,10-11,13-14,18,26H,8-9,12H2,1-2H3,(H2,25,28,29)(H,27,30,33)/t18-/m1/s1. The number of aromatic nitrogens is 5. The van der Waals surface area contributed by atoms with Crippen molar-refractivity contribution < 1.29 is 4.79 Å². The van der Waals surface area contributed by atoms with Crippen LogP contribution in [0.5, 0.6) is 0 Å². The number of amides is 1. The van der Waals surface area contributed by atoms with Gasteiger partial charge in [0.15, 0.2) is 5.65 Å². The van der Waals surface area contributed by atoms with Crippen molar-refractivity contribution in [2.75, 3.05) is 24.1 Å². The van der Waals surface area contributed by atoms with Crippen LogP contribution in [0.2, 0.25) is 0 Å². The highest BCUT2D eigenvalue weighted by Gasteiger charge is 2.24. The number of rotatable bonds is 5. The third-order valence-electron chi connectivity index (χ3n) is 6.01. The summed E-state index contributed by atoms with van der Waals surface area (Å²) in [6, 6.07) is 11.4. The van der Waals surface area contributed by atoms with Gasteiger partial charge < -0.3 is 16.4 Å². The van der Waals surface area contributed by atoms with E-state index in [1.807, 2.05) is 28.9 Å². The van der Waals surface area contributed by atoms with Crippen LogP contribution in [0.3, 0.4) is 0 Å². The van der Waals surface area contributed by atoms with E-state index in [2.05, 4.69) is 39.4 Å². The van der Waals surface area contributed by atoms with E-state index in [0.717, 1.165) is 41.7 Å². The zero-order chi connectivity index (χ0) is 22.9. The fourth-order valence-electron chi connectivity index (χ4n) is 4.14. The number of hydrogen-bond acceptors (Lipinski definition) is 7. The van der Waals surface area contributed by atoms with Gasteiger partial charge in [0.25, 0.3) is 5.91 Å². The molecule has 0 aliphatic carbocycles. The molecule has 4 heterocycles. The highest BCUT2D eigenvalue weighted by molar-refractivity contribution is 6.04. The van der Waals surface area contributed by atoms with Crippen LogP contribution in [0.25, 0.3) is 22.3 Å². The number of nitrogens with two attached hydrogens (primary N) is 1. The first-order chi connectivity index (χ1) is 16.0. The van der Waals surface area contributed by atoms with E-state index in [1.165, 1.54) is 6.33 Å². The minimum atomic E-state index is -0.217. The monoisotopic (exact) mass is 442 g/mol. The minimum absolute atomic E-state index is 0.217. The number of anilines is 2. The number of nitrogen functional groups attached to an aromatic ring is 1. The van der Waals surface area contributed by atoms with E-state index in [-0.39, 0.29) is 11.9 Å². The van der Waals surface area contributed by atoms with E-state index in [0.29, 0.717) is 28.8 Å². The van der Waals surface area contributed by atoms with Crippen molar-refractivity contribution in [3.8, 4) is 11.3 Å². The summed E-state index contributed by atoms with van der Waals surface area (Å²) in [5.74, 6) is 1.07. The van der Waals surface area contributed by atoms with Crippen LogP contribution in [0, 0.1) is 0 Å². The second-order valence-corrected chi connectivity index (χ2v) is 8.56. The fraction of sp³-hybridized carbons (Fsp3) is 0.292. The Hall–Kier alpha value is -3.85. The second-order valence-electron chi connectivity index (χ2n) is 8.56. The van der Waals surface area contributed by atoms with Crippen molar-refractivity contribution in [3.05, 3.63) is 60.0 Å². The maximum atomic E-state index is 12.8. The maximum Gasteiger partial charge on any atom is 0.256 e. The predicted octanol–water partition coefficient (Wildman–Crippen LogP) is 3.38. The molecule has 5 rings (SSSR count). The molecule has 33 heavy (non-hydrogen) atoms.